The summed E-state index contributed by atoms with van der Waals surface area (Å²) in [5.41, 5.74) is 0. The van der Waals surface area contributed by atoms with Crippen LogP contribution < -0.4 is 10.1 Å². The lowest BCUT2D eigenvalue weighted by Gasteiger charge is -2.10. The standard InChI is InChI=1S/C12H18F3N3O/c1-3-9-17-10(16-4-2)8-11(18-9)19-7-5-6-12(13,14)15/h8H,3-7H2,1-2H3,(H,16,17,18). The molecule has 1 N–H and O–H groups in total. The Kier molecular flexibility index (Phi) is 5.85. The number of hydrogen-bond acceptors (Lipinski definition) is 4. The molecule has 7 heteroatoms. The van der Waals surface area contributed by atoms with Crippen LogP contribution in [0.2, 0.25) is 0 Å². The van der Waals surface area contributed by atoms with E-state index in [1.165, 1.54) is 0 Å². The van der Waals surface area contributed by atoms with Gasteiger partial charge in [0.1, 0.15) is 11.6 Å². The molecule has 0 amide bonds. The molecule has 108 valence electrons. The number of halogens is 3. The fourth-order valence-electron chi connectivity index (χ4n) is 1.43. The highest BCUT2D eigenvalue weighted by atomic mass is 19.4. The van der Waals surface area contributed by atoms with Gasteiger partial charge in [-0.05, 0) is 13.3 Å². The van der Waals surface area contributed by atoms with Crippen molar-refractivity contribution in [1.29, 1.82) is 0 Å². The molecule has 4 nitrogen and oxygen atoms in total. The van der Waals surface area contributed by atoms with Crippen molar-refractivity contribution < 1.29 is 17.9 Å². The second-order valence-electron chi connectivity index (χ2n) is 3.96. The van der Waals surface area contributed by atoms with Crippen molar-refractivity contribution in [3.8, 4) is 5.88 Å². The first kappa shape index (κ1) is 15.5. The summed E-state index contributed by atoms with van der Waals surface area (Å²) in [6, 6.07) is 1.59. The molecule has 0 bridgehead atoms. The summed E-state index contributed by atoms with van der Waals surface area (Å²) < 4.78 is 41.2. The van der Waals surface area contributed by atoms with E-state index in [1.807, 2.05) is 13.8 Å². The summed E-state index contributed by atoms with van der Waals surface area (Å²) in [5.74, 6) is 1.54. The highest BCUT2D eigenvalue weighted by Crippen LogP contribution is 2.21. The maximum absolute atomic E-state index is 12.0. The first-order valence-corrected chi connectivity index (χ1v) is 6.26. The lowest BCUT2D eigenvalue weighted by molar-refractivity contribution is -0.136. The number of anilines is 1. The lowest BCUT2D eigenvalue weighted by atomic mass is 10.3. The van der Waals surface area contributed by atoms with Gasteiger partial charge in [0.05, 0.1) is 6.61 Å². The van der Waals surface area contributed by atoms with Crippen LogP contribution in [-0.4, -0.2) is 29.3 Å². The highest BCUT2D eigenvalue weighted by Gasteiger charge is 2.26. The van der Waals surface area contributed by atoms with Crippen molar-refractivity contribution in [2.75, 3.05) is 18.5 Å². The third-order valence-corrected chi connectivity index (χ3v) is 2.28. The number of alkyl halides is 3. The monoisotopic (exact) mass is 277 g/mol. The van der Waals surface area contributed by atoms with Gasteiger partial charge in [-0.25, -0.2) is 4.98 Å². The average molecular weight is 277 g/mol. The van der Waals surface area contributed by atoms with Crippen LogP contribution in [0.15, 0.2) is 6.07 Å². The van der Waals surface area contributed by atoms with E-state index in [0.29, 0.717) is 30.5 Å². The van der Waals surface area contributed by atoms with E-state index in [1.54, 1.807) is 6.07 Å². The van der Waals surface area contributed by atoms with Crippen LogP contribution in [0, 0.1) is 0 Å². The molecule has 0 aromatic carbocycles. The van der Waals surface area contributed by atoms with Crippen LogP contribution in [0.3, 0.4) is 0 Å². The quantitative estimate of drug-likeness (QED) is 0.777. The summed E-state index contributed by atoms with van der Waals surface area (Å²) in [6.45, 7) is 4.52. The third-order valence-electron chi connectivity index (χ3n) is 2.28. The van der Waals surface area contributed by atoms with Gasteiger partial charge in [-0.15, -0.1) is 0 Å². The van der Waals surface area contributed by atoms with Crippen LogP contribution in [0.25, 0.3) is 0 Å². The van der Waals surface area contributed by atoms with E-state index >= 15 is 0 Å². The van der Waals surface area contributed by atoms with Gasteiger partial charge < -0.3 is 10.1 Å². The topological polar surface area (TPSA) is 47.0 Å². The Balaban J connectivity index is 2.54. The third kappa shape index (κ3) is 6.26. The van der Waals surface area contributed by atoms with Crippen LogP contribution in [0.4, 0.5) is 19.0 Å². The van der Waals surface area contributed by atoms with Gasteiger partial charge in [-0.1, -0.05) is 6.92 Å². The SMILES string of the molecule is CCNc1cc(OCCCC(F)(F)F)nc(CC)n1. The largest absolute Gasteiger partial charge is 0.478 e. The van der Waals surface area contributed by atoms with Crippen molar-refractivity contribution in [3.63, 3.8) is 0 Å². The van der Waals surface area contributed by atoms with Gasteiger partial charge in [0.25, 0.3) is 0 Å². The zero-order valence-corrected chi connectivity index (χ0v) is 11.0. The number of aryl methyl sites for hydroxylation is 1. The van der Waals surface area contributed by atoms with Crippen LogP contribution in [0.5, 0.6) is 5.88 Å². The maximum atomic E-state index is 12.0. The number of rotatable bonds is 7. The molecule has 1 aromatic heterocycles. The molecule has 0 saturated carbocycles. The summed E-state index contributed by atoms with van der Waals surface area (Å²) >= 11 is 0. The number of ether oxygens (including phenoxy) is 1. The zero-order valence-electron chi connectivity index (χ0n) is 11.0. The van der Waals surface area contributed by atoms with Gasteiger partial charge in [-0.3, -0.25) is 0 Å². The Morgan fingerprint density at radius 2 is 2.00 bits per heavy atom. The molecular formula is C12H18F3N3O. The Morgan fingerprint density at radius 1 is 1.26 bits per heavy atom. The average Bonchev–Trinajstić information content (AvgIpc) is 2.34. The second-order valence-corrected chi connectivity index (χ2v) is 3.96. The van der Waals surface area contributed by atoms with Gasteiger partial charge in [0.2, 0.25) is 5.88 Å². The molecule has 0 spiro atoms. The lowest BCUT2D eigenvalue weighted by Crippen LogP contribution is -2.11. The van der Waals surface area contributed by atoms with E-state index in [-0.39, 0.29) is 13.0 Å². The molecule has 0 unspecified atom stereocenters. The van der Waals surface area contributed by atoms with Gasteiger partial charge in [-0.2, -0.15) is 18.2 Å². The van der Waals surface area contributed by atoms with Crippen molar-refractivity contribution in [1.82, 2.24) is 9.97 Å². The molecule has 0 radical (unpaired) electrons. The Morgan fingerprint density at radius 3 is 2.58 bits per heavy atom. The van der Waals surface area contributed by atoms with E-state index in [4.69, 9.17) is 4.74 Å². The second kappa shape index (κ2) is 7.16. The van der Waals surface area contributed by atoms with E-state index in [0.717, 1.165) is 0 Å². The number of nitrogens with zero attached hydrogens (tertiary/aromatic N) is 2. The summed E-state index contributed by atoms with van der Waals surface area (Å²) in [6.07, 6.45) is -4.43. The van der Waals surface area contributed by atoms with Crippen molar-refractivity contribution >= 4 is 5.82 Å². The van der Waals surface area contributed by atoms with E-state index in [2.05, 4.69) is 15.3 Å². The molecule has 0 aliphatic carbocycles. The predicted molar refractivity (Wildman–Crippen MR) is 66.4 cm³/mol. The van der Waals surface area contributed by atoms with Crippen molar-refractivity contribution in [2.24, 2.45) is 0 Å². The molecule has 1 rings (SSSR count). The van der Waals surface area contributed by atoms with E-state index in [9.17, 15) is 13.2 Å². The van der Waals surface area contributed by atoms with E-state index < -0.39 is 12.6 Å². The highest BCUT2D eigenvalue weighted by molar-refractivity contribution is 5.38. The molecule has 1 aromatic rings. The first-order valence-electron chi connectivity index (χ1n) is 6.26. The van der Waals surface area contributed by atoms with Gasteiger partial charge in [0, 0.05) is 25.5 Å². The number of aromatic nitrogens is 2. The molecule has 0 fully saturated rings. The summed E-state index contributed by atoms with van der Waals surface area (Å²) in [7, 11) is 0. The number of nitrogens with one attached hydrogen (secondary N) is 1. The molecule has 0 aliphatic heterocycles. The zero-order chi connectivity index (χ0) is 14.3. The Hall–Kier alpha value is -1.53. The fraction of sp³-hybridized carbons (Fsp3) is 0.667. The minimum Gasteiger partial charge on any atom is -0.478 e. The molecule has 0 aliphatic rings. The van der Waals surface area contributed by atoms with Crippen LogP contribution >= 0.6 is 0 Å². The minimum atomic E-state index is -4.14. The summed E-state index contributed by atoms with van der Waals surface area (Å²) in [4.78, 5) is 8.34. The van der Waals surface area contributed by atoms with Crippen LogP contribution in [-0.2, 0) is 6.42 Å². The molecular weight excluding hydrogens is 259 g/mol. The predicted octanol–water partition coefficient (Wildman–Crippen LogP) is 3.19. The Labute approximate surface area is 110 Å². The van der Waals surface area contributed by atoms with Crippen LogP contribution in [0.1, 0.15) is 32.5 Å². The normalized spacial score (nSPS) is 11.4. The summed E-state index contributed by atoms with van der Waals surface area (Å²) in [5, 5.41) is 3.03. The fourth-order valence-corrected chi connectivity index (χ4v) is 1.43. The molecule has 1 heterocycles. The molecule has 0 saturated heterocycles. The maximum Gasteiger partial charge on any atom is 0.389 e. The van der Waals surface area contributed by atoms with Gasteiger partial charge in [0.15, 0.2) is 0 Å². The smallest absolute Gasteiger partial charge is 0.389 e. The van der Waals surface area contributed by atoms with Crippen molar-refractivity contribution in [2.45, 2.75) is 39.3 Å². The number of hydrogen-bond donors (Lipinski definition) is 1. The van der Waals surface area contributed by atoms with Crippen molar-refractivity contribution in [3.05, 3.63) is 11.9 Å². The first-order chi connectivity index (χ1) is 8.94. The minimum absolute atomic E-state index is 0.00869. The molecule has 19 heavy (non-hydrogen) atoms. The Bertz CT molecular complexity index is 396. The molecule has 0 atom stereocenters. The van der Waals surface area contributed by atoms with Gasteiger partial charge >= 0.3 is 6.18 Å².